The van der Waals surface area contributed by atoms with Crippen LogP contribution < -0.4 is 10.2 Å². The van der Waals surface area contributed by atoms with Gasteiger partial charge in [-0.05, 0) is 62.2 Å². The molecule has 2 aromatic rings. The van der Waals surface area contributed by atoms with E-state index in [1.165, 1.54) is 5.56 Å². The zero-order valence-electron chi connectivity index (χ0n) is 17.0. The molecule has 3 rings (SSSR count). The largest absolute Gasteiger partial charge is 0.459 e. The summed E-state index contributed by atoms with van der Waals surface area (Å²) in [4.78, 5) is 38.6. The van der Waals surface area contributed by atoms with Crippen LogP contribution in [0.5, 0.6) is 0 Å². The number of esters is 1. The number of ether oxygens (including phenoxy) is 1. The van der Waals surface area contributed by atoms with Crippen molar-refractivity contribution in [1.82, 2.24) is 0 Å². The molecule has 0 saturated carbocycles. The number of benzene rings is 2. The lowest BCUT2D eigenvalue weighted by Gasteiger charge is -2.17. The van der Waals surface area contributed by atoms with Crippen molar-refractivity contribution in [2.24, 2.45) is 5.92 Å². The molecule has 6 nitrogen and oxygen atoms in total. The van der Waals surface area contributed by atoms with Crippen molar-refractivity contribution in [3.8, 4) is 0 Å². The summed E-state index contributed by atoms with van der Waals surface area (Å²) >= 11 is 0. The Hall–Kier alpha value is -3.15. The van der Waals surface area contributed by atoms with Crippen LogP contribution in [-0.4, -0.2) is 30.4 Å². The SMILES string of the molecule is CCc1ccc(N2C[C@@H](C(=O)Nc3ccc(C(=O)OC(C)C)cc3)CC2=O)cc1. The van der Waals surface area contributed by atoms with Crippen LogP contribution in [0.1, 0.15) is 43.1 Å². The highest BCUT2D eigenvalue weighted by Gasteiger charge is 2.35. The number of hydrogen-bond acceptors (Lipinski definition) is 4. The summed E-state index contributed by atoms with van der Waals surface area (Å²) in [7, 11) is 0. The van der Waals surface area contributed by atoms with Crippen molar-refractivity contribution in [3.63, 3.8) is 0 Å². The Balaban J connectivity index is 1.61. The van der Waals surface area contributed by atoms with Gasteiger partial charge in [-0.25, -0.2) is 4.79 Å². The zero-order valence-corrected chi connectivity index (χ0v) is 17.0. The molecule has 2 aromatic carbocycles. The number of amides is 2. The van der Waals surface area contributed by atoms with Gasteiger partial charge >= 0.3 is 5.97 Å². The number of carbonyl (C=O) groups excluding carboxylic acids is 3. The van der Waals surface area contributed by atoms with Crippen LogP contribution >= 0.6 is 0 Å². The molecule has 6 heteroatoms. The van der Waals surface area contributed by atoms with Gasteiger partial charge < -0.3 is 15.0 Å². The van der Waals surface area contributed by atoms with E-state index in [2.05, 4.69) is 12.2 Å². The molecule has 1 N–H and O–H groups in total. The standard InChI is InChI=1S/C23H26N2O4/c1-4-16-5-11-20(12-6-16)25-14-18(13-21(25)26)22(27)24-19-9-7-17(8-10-19)23(28)29-15(2)3/h5-12,15,18H,4,13-14H2,1-3H3,(H,24,27)/t18-/m0/s1. The van der Waals surface area contributed by atoms with Crippen molar-refractivity contribution in [1.29, 1.82) is 0 Å². The first-order valence-corrected chi connectivity index (χ1v) is 9.88. The molecule has 1 aliphatic heterocycles. The van der Waals surface area contributed by atoms with Crippen molar-refractivity contribution in [3.05, 3.63) is 59.7 Å². The number of carbonyl (C=O) groups is 3. The fourth-order valence-electron chi connectivity index (χ4n) is 3.26. The van der Waals surface area contributed by atoms with E-state index in [1.807, 2.05) is 24.3 Å². The molecular weight excluding hydrogens is 368 g/mol. The minimum Gasteiger partial charge on any atom is -0.459 e. The van der Waals surface area contributed by atoms with E-state index in [1.54, 1.807) is 43.0 Å². The molecule has 2 amide bonds. The molecule has 0 radical (unpaired) electrons. The molecule has 1 fully saturated rings. The molecule has 0 unspecified atom stereocenters. The molecule has 0 bridgehead atoms. The molecule has 0 spiro atoms. The molecule has 1 aliphatic rings. The maximum atomic E-state index is 12.6. The van der Waals surface area contributed by atoms with E-state index in [-0.39, 0.29) is 24.3 Å². The fourth-order valence-corrected chi connectivity index (χ4v) is 3.26. The van der Waals surface area contributed by atoms with E-state index >= 15 is 0 Å². The molecule has 0 aliphatic carbocycles. The number of anilines is 2. The Morgan fingerprint density at radius 2 is 1.76 bits per heavy atom. The predicted octanol–water partition coefficient (Wildman–Crippen LogP) is 3.81. The minimum absolute atomic E-state index is 0.0545. The molecule has 1 atom stereocenters. The molecule has 29 heavy (non-hydrogen) atoms. The van der Waals surface area contributed by atoms with Crippen molar-refractivity contribution in [2.45, 2.75) is 39.7 Å². The van der Waals surface area contributed by atoms with E-state index in [0.29, 0.717) is 17.8 Å². The van der Waals surface area contributed by atoms with Crippen LogP contribution in [0.2, 0.25) is 0 Å². The third-order valence-corrected chi connectivity index (χ3v) is 4.88. The number of nitrogens with zero attached hydrogens (tertiary/aromatic N) is 1. The second kappa shape index (κ2) is 8.90. The Kier molecular flexibility index (Phi) is 6.32. The Labute approximate surface area is 170 Å². The number of nitrogens with one attached hydrogen (secondary N) is 1. The maximum absolute atomic E-state index is 12.6. The topological polar surface area (TPSA) is 75.7 Å². The van der Waals surface area contributed by atoms with Gasteiger partial charge in [0.1, 0.15) is 0 Å². The fraction of sp³-hybridized carbons (Fsp3) is 0.348. The highest BCUT2D eigenvalue weighted by Crippen LogP contribution is 2.26. The van der Waals surface area contributed by atoms with Gasteiger partial charge in [-0.15, -0.1) is 0 Å². The molecular formula is C23H26N2O4. The van der Waals surface area contributed by atoms with E-state index in [9.17, 15) is 14.4 Å². The first kappa shape index (κ1) is 20.6. The second-order valence-corrected chi connectivity index (χ2v) is 7.45. The summed E-state index contributed by atoms with van der Waals surface area (Å²) in [5, 5.41) is 2.83. The number of rotatable bonds is 6. The first-order chi connectivity index (χ1) is 13.9. The minimum atomic E-state index is -0.418. The zero-order chi connectivity index (χ0) is 21.0. The van der Waals surface area contributed by atoms with Crippen LogP contribution in [0.4, 0.5) is 11.4 Å². The summed E-state index contributed by atoms with van der Waals surface area (Å²) < 4.78 is 5.15. The summed E-state index contributed by atoms with van der Waals surface area (Å²) in [5.41, 5.74) is 3.02. The van der Waals surface area contributed by atoms with Crippen molar-refractivity contribution in [2.75, 3.05) is 16.8 Å². The lowest BCUT2D eigenvalue weighted by atomic mass is 10.1. The van der Waals surface area contributed by atoms with Gasteiger partial charge in [0.2, 0.25) is 11.8 Å². The highest BCUT2D eigenvalue weighted by atomic mass is 16.5. The number of aryl methyl sites for hydroxylation is 1. The smallest absolute Gasteiger partial charge is 0.338 e. The molecule has 1 heterocycles. The van der Waals surface area contributed by atoms with Crippen molar-refractivity contribution < 1.29 is 19.1 Å². The first-order valence-electron chi connectivity index (χ1n) is 9.88. The van der Waals surface area contributed by atoms with Crippen LogP contribution in [0, 0.1) is 5.92 Å². The van der Waals surface area contributed by atoms with Crippen LogP contribution in [0.15, 0.2) is 48.5 Å². The van der Waals surface area contributed by atoms with Gasteiger partial charge in [-0.3, -0.25) is 9.59 Å². The van der Waals surface area contributed by atoms with Gasteiger partial charge in [-0.1, -0.05) is 19.1 Å². The maximum Gasteiger partial charge on any atom is 0.338 e. The third-order valence-electron chi connectivity index (χ3n) is 4.88. The highest BCUT2D eigenvalue weighted by molar-refractivity contribution is 6.03. The van der Waals surface area contributed by atoms with Crippen LogP contribution in [0.25, 0.3) is 0 Å². The Bertz CT molecular complexity index is 888. The van der Waals surface area contributed by atoms with Gasteiger partial charge in [0, 0.05) is 24.3 Å². The van der Waals surface area contributed by atoms with Gasteiger partial charge in [0.15, 0.2) is 0 Å². The summed E-state index contributed by atoms with van der Waals surface area (Å²) in [6.07, 6.45) is 0.927. The lowest BCUT2D eigenvalue weighted by molar-refractivity contribution is -0.122. The molecule has 0 aromatic heterocycles. The van der Waals surface area contributed by atoms with E-state index in [0.717, 1.165) is 12.1 Å². The Morgan fingerprint density at radius 1 is 1.10 bits per heavy atom. The predicted molar refractivity (Wildman–Crippen MR) is 112 cm³/mol. The van der Waals surface area contributed by atoms with E-state index in [4.69, 9.17) is 4.74 Å². The lowest BCUT2D eigenvalue weighted by Crippen LogP contribution is -2.28. The average Bonchev–Trinajstić information content (AvgIpc) is 3.10. The second-order valence-electron chi connectivity index (χ2n) is 7.45. The van der Waals surface area contributed by atoms with Gasteiger partial charge in [-0.2, -0.15) is 0 Å². The van der Waals surface area contributed by atoms with Crippen LogP contribution in [-0.2, 0) is 20.7 Å². The van der Waals surface area contributed by atoms with Crippen LogP contribution in [0.3, 0.4) is 0 Å². The monoisotopic (exact) mass is 394 g/mol. The average molecular weight is 394 g/mol. The molecule has 152 valence electrons. The quantitative estimate of drug-likeness (QED) is 0.756. The van der Waals surface area contributed by atoms with E-state index < -0.39 is 11.9 Å². The number of hydrogen-bond donors (Lipinski definition) is 1. The van der Waals surface area contributed by atoms with Crippen molar-refractivity contribution >= 4 is 29.2 Å². The molecule has 1 saturated heterocycles. The van der Waals surface area contributed by atoms with Gasteiger partial charge in [0.05, 0.1) is 17.6 Å². The van der Waals surface area contributed by atoms with Gasteiger partial charge in [0.25, 0.3) is 0 Å². The third kappa shape index (κ3) is 5.02. The normalized spacial score (nSPS) is 16.2. The summed E-state index contributed by atoms with van der Waals surface area (Å²) in [5.74, 6) is -1.08. The Morgan fingerprint density at radius 3 is 2.34 bits per heavy atom. The summed E-state index contributed by atoms with van der Waals surface area (Å²) in [6, 6.07) is 14.4. The summed E-state index contributed by atoms with van der Waals surface area (Å²) in [6.45, 7) is 6.01.